The van der Waals surface area contributed by atoms with E-state index >= 15 is 0 Å². The molecular formula is C18H20Cl2Ti. The topological polar surface area (TPSA) is 0 Å². The summed E-state index contributed by atoms with van der Waals surface area (Å²) in [5.74, 6) is 0. The molecule has 3 aromatic carbocycles. The van der Waals surface area contributed by atoms with Crippen molar-refractivity contribution in [3.05, 3.63) is 70.8 Å². The third-order valence-electron chi connectivity index (χ3n) is 3.73. The Kier molecular flexibility index (Phi) is 11.1. The number of rotatable bonds is 0. The van der Waals surface area contributed by atoms with Crippen LogP contribution in [0.5, 0.6) is 0 Å². The summed E-state index contributed by atoms with van der Waals surface area (Å²) >= 11 is 0. The zero-order valence-corrected chi connectivity index (χ0v) is 15.9. The minimum absolute atomic E-state index is 0. The molecule has 0 nitrogen and oxygen atoms in total. The molecule has 0 saturated heterocycles. The Morgan fingerprint density at radius 1 is 0.952 bits per heavy atom. The average molecular weight is 355 g/mol. The summed E-state index contributed by atoms with van der Waals surface area (Å²) in [6.07, 6.45) is 0. The second kappa shape index (κ2) is 10.2. The fraction of sp³-hybridized carbons (Fsp3) is 0.222. The van der Waals surface area contributed by atoms with Crippen molar-refractivity contribution >= 4 is 10.8 Å². The fourth-order valence-corrected chi connectivity index (χ4v) is 2.20. The van der Waals surface area contributed by atoms with Gasteiger partial charge in [-0.2, -0.15) is 45.8 Å². The third kappa shape index (κ3) is 5.64. The van der Waals surface area contributed by atoms with Gasteiger partial charge in [0.05, 0.1) is 0 Å². The minimum atomic E-state index is 0. The Morgan fingerprint density at radius 3 is 2.00 bits per heavy atom. The molecule has 21 heavy (non-hydrogen) atoms. The number of aryl methyl sites for hydroxylation is 2. The average Bonchev–Trinajstić information content (AvgIpc) is 2.92. The van der Waals surface area contributed by atoms with Crippen LogP contribution in [0.25, 0.3) is 10.8 Å². The largest absolute Gasteiger partial charge is 4.00 e. The molecule has 0 aliphatic rings. The Hall–Kier alpha value is -0.526. The van der Waals surface area contributed by atoms with E-state index < -0.39 is 0 Å². The van der Waals surface area contributed by atoms with Crippen molar-refractivity contribution in [2.24, 2.45) is 0 Å². The molecule has 3 rings (SSSR count). The fourth-order valence-electron chi connectivity index (χ4n) is 2.20. The van der Waals surface area contributed by atoms with Crippen LogP contribution in [0, 0.1) is 27.7 Å². The van der Waals surface area contributed by atoms with Crippen LogP contribution in [-0.4, -0.2) is 0 Å². The van der Waals surface area contributed by atoms with Crippen molar-refractivity contribution in [2.45, 2.75) is 27.7 Å². The number of hydrogen-bond donors (Lipinski definition) is 0. The first-order valence-electron chi connectivity index (χ1n) is 6.40. The first kappa shape index (κ1) is 22.8. The molecule has 0 saturated carbocycles. The van der Waals surface area contributed by atoms with Crippen molar-refractivity contribution in [1.29, 1.82) is 0 Å². The number of fused-ring (bicyclic) bond motifs is 1. The first-order chi connectivity index (χ1) is 8.59. The maximum atomic E-state index is 2.24. The van der Waals surface area contributed by atoms with Gasteiger partial charge in [0.2, 0.25) is 0 Å². The summed E-state index contributed by atoms with van der Waals surface area (Å²) in [5, 5.41) is 2.66. The van der Waals surface area contributed by atoms with E-state index in [0.29, 0.717) is 0 Å². The van der Waals surface area contributed by atoms with Gasteiger partial charge < -0.3 is 24.8 Å². The van der Waals surface area contributed by atoms with E-state index in [1.165, 1.54) is 33.0 Å². The van der Waals surface area contributed by atoms with Crippen LogP contribution in [0.1, 0.15) is 22.3 Å². The summed E-state index contributed by atoms with van der Waals surface area (Å²) < 4.78 is 0. The van der Waals surface area contributed by atoms with E-state index in [1.54, 1.807) is 0 Å². The van der Waals surface area contributed by atoms with Gasteiger partial charge in [0.1, 0.15) is 0 Å². The molecule has 0 spiro atoms. The molecule has 0 N–H and O–H groups in total. The molecule has 0 atom stereocenters. The van der Waals surface area contributed by atoms with Crippen LogP contribution in [0.15, 0.2) is 48.5 Å². The molecule has 3 aromatic rings. The Bertz CT molecular complexity index is 598. The van der Waals surface area contributed by atoms with E-state index in [-0.39, 0.29) is 46.5 Å². The van der Waals surface area contributed by atoms with Crippen LogP contribution in [0.3, 0.4) is 0 Å². The zero-order valence-electron chi connectivity index (χ0n) is 12.9. The van der Waals surface area contributed by atoms with Gasteiger partial charge in [0, 0.05) is 0 Å². The Morgan fingerprint density at radius 2 is 1.57 bits per heavy atom. The summed E-state index contributed by atoms with van der Waals surface area (Å²) in [5.41, 5.74) is 5.75. The van der Waals surface area contributed by atoms with Crippen LogP contribution in [0.4, 0.5) is 0 Å². The monoisotopic (exact) mass is 354 g/mol. The van der Waals surface area contributed by atoms with E-state index in [1.807, 2.05) is 0 Å². The van der Waals surface area contributed by atoms with Crippen molar-refractivity contribution in [3.63, 3.8) is 0 Å². The molecule has 110 valence electrons. The molecule has 0 unspecified atom stereocenters. The third-order valence-corrected chi connectivity index (χ3v) is 3.73. The molecule has 0 aliphatic carbocycles. The predicted octanol–water partition coefficient (Wildman–Crippen LogP) is -0.797. The maximum absolute atomic E-state index is 2.24. The first-order valence-corrected chi connectivity index (χ1v) is 6.40. The minimum Gasteiger partial charge on any atom is -1.00 e. The van der Waals surface area contributed by atoms with Crippen LogP contribution in [-0.2, 0) is 21.7 Å². The smallest absolute Gasteiger partial charge is 1.00 e. The summed E-state index contributed by atoms with van der Waals surface area (Å²) in [6, 6.07) is 16.9. The quantitative estimate of drug-likeness (QED) is 0.366. The SMILES string of the molecule is Cc1c[c-](C)c(C)c1C.[Cl-].[Cl-].[Ti+4].c1ccc2[cH-]ccc2c1. The van der Waals surface area contributed by atoms with Crippen LogP contribution < -0.4 is 24.8 Å². The van der Waals surface area contributed by atoms with E-state index in [4.69, 9.17) is 0 Å². The number of halogens is 2. The van der Waals surface area contributed by atoms with E-state index in [0.717, 1.165) is 0 Å². The second-order valence-electron chi connectivity index (χ2n) is 4.92. The van der Waals surface area contributed by atoms with Crippen LogP contribution >= 0.6 is 0 Å². The second-order valence-corrected chi connectivity index (χ2v) is 4.92. The molecular weight excluding hydrogens is 335 g/mol. The molecule has 0 radical (unpaired) electrons. The number of hydrogen-bond acceptors (Lipinski definition) is 0. The van der Waals surface area contributed by atoms with Gasteiger partial charge in [-0.15, -0.1) is 29.7 Å². The van der Waals surface area contributed by atoms with E-state index in [2.05, 4.69) is 76.2 Å². The molecule has 0 aliphatic heterocycles. The molecule has 0 bridgehead atoms. The predicted molar refractivity (Wildman–Crippen MR) is 80.5 cm³/mol. The Balaban J connectivity index is 0. The van der Waals surface area contributed by atoms with Gasteiger partial charge in [0.25, 0.3) is 0 Å². The van der Waals surface area contributed by atoms with Crippen molar-refractivity contribution in [1.82, 2.24) is 0 Å². The maximum Gasteiger partial charge on any atom is 4.00 e. The Labute approximate surface area is 155 Å². The molecule has 3 heteroatoms. The summed E-state index contributed by atoms with van der Waals surface area (Å²) in [4.78, 5) is 0. The van der Waals surface area contributed by atoms with Crippen molar-refractivity contribution < 1.29 is 46.5 Å². The van der Waals surface area contributed by atoms with Gasteiger partial charge in [-0.1, -0.05) is 33.8 Å². The molecule has 0 amide bonds. The molecule has 0 fully saturated rings. The van der Waals surface area contributed by atoms with Gasteiger partial charge in [0.15, 0.2) is 0 Å². The van der Waals surface area contributed by atoms with Gasteiger partial charge in [-0.05, 0) is 0 Å². The van der Waals surface area contributed by atoms with Gasteiger partial charge in [-0.25, -0.2) is 0 Å². The molecule has 0 heterocycles. The van der Waals surface area contributed by atoms with Crippen molar-refractivity contribution in [2.75, 3.05) is 0 Å². The van der Waals surface area contributed by atoms with Crippen molar-refractivity contribution in [3.8, 4) is 0 Å². The van der Waals surface area contributed by atoms with E-state index in [9.17, 15) is 0 Å². The summed E-state index contributed by atoms with van der Waals surface area (Å²) in [7, 11) is 0. The molecule has 0 aromatic heterocycles. The van der Waals surface area contributed by atoms with Crippen LogP contribution in [0.2, 0.25) is 0 Å². The van der Waals surface area contributed by atoms with Gasteiger partial charge >= 0.3 is 21.7 Å². The standard InChI is InChI=1S/C9H7.C9H13.2ClH.Ti/c1-2-5-9-7-3-6-8(9)4-1;1-6-5-7(2)9(4)8(6)3;;;/h1-7H;5H,1-4H3;2*1H;/q2*-1;;;+4/p-2. The normalized spacial score (nSPS) is 8.76. The van der Waals surface area contributed by atoms with Gasteiger partial charge in [-0.3, -0.25) is 0 Å². The number of benzene rings is 1. The summed E-state index contributed by atoms with van der Waals surface area (Å²) in [6.45, 7) is 8.68. The zero-order chi connectivity index (χ0) is 13.1.